The second-order valence-electron chi connectivity index (χ2n) is 6.02. The van der Waals surface area contributed by atoms with Gasteiger partial charge in [-0.05, 0) is 12.8 Å². The Hall–Kier alpha value is -0.570. The van der Waals surface area contributed by atoms with Crippen molar-refractivity contribution in [1.82, 2.24) is 4.90 Å². The lowest BCUT2D eigenvalue weighted by Crippen LogP contribution is -2.62. The predicted molar refractivity (Wildman–Crippen MR) is 58.5 cm³/mol. The molecule has 2 saturated heterocycles. The van der Waals surface area contributed by atoms with Crippen LogP contribution in [-0.2, 0) is 9.53 Å². The van der Waals surface area contributed by atoms with Gasteiger partial charge in [0.1, 0.15) is 0 Å². The normalized spacial score (nSPS) is 25.1. The van der Waals surface area contributed by atoms with Crippen molar-refractivity contribution in [3.8, 4) is 0 Å². The third-order valence-electron chi connectivity index (χ3n) is 3.53. The smallest absolute Gasteiger partial charge is 0.227 e. The van der Waals surface area contributed by atoms with Gasteiger partial charge in [0, 0.05) is 37.1 Å². The molecule has 3 nitrogen and oxygen atoms in total. The maximum Gasteiger partial charge on any atom is 0.227 e. The molecule has 2 heterocycles. The summed E-state index contributed by atoms with van der Waals surface area (Å²) in [5.74, 6) is 0.291. The number of ether oxygens (including phenoxy) is 1. The lowest BCUT2D eigenvalue weighted by molar-refractivity contribution is -0.158. The van der Waals surface area contributed by atoms with E-state index in [1.165, 1.54) is 0 Å². The summed E-state index contributed by atoms with van der Waals surface area (Å²) in [7, 11) is 0. The summed E-state index contributed by atoms with van der Waals surface area (Å²) in [6, 6.07) is 0. The van der Waals surface area contributed by atoms with E-state index in [2.05, 4.69) is 0 Å². The Labute approximate surface area is 91.8 Å². The highest BCUT2D eigenvalue weighted by molar-refractivity contribution is 5.82. The van der Waals surface area contributed by atoms with Gasteiger partial charge in [0.15, 0.2) is 0 Å². The first-order valence-electron chi connectivity index (χ1n) is 5.80. The van der Waals surface area contributed by atoms with E-state index in [4.69, 9.17) is 4.74 Å². The predicted octanol–water partition coefficient (Wildman–Crippen LogP) is 1.67. The Morgan fingerprint density at radius 2 is 1.73 bits per heavy atom. The van der Waals surface area contributed by atoms with E-state index in [9.17, 15) is 4.79 Å². The van der Waals surface area contributed by atoms with Crippen LogP contribution < -0.4 is 0 Å². The van der Waals surface area contributed by atoms with Gasteiger partial charge in [-0.2, -0.15) is 0 Å². The van der Waals surface area contributed by atoms with Gasteiger partial charge in [0.2, 0.25) is 5.91 Å². The van der Waals surface area contributed by atoms with Gasteiger partial charge in [-0.25, -0.2) is 0 Å². The molecule has 0 atom stereocenters. The van der Waals surface area contributed by atoms with Gasteiger partial charge >= 0.3 is 0 Å². The van der Waals surface area contributed by atoms with Crippen molar-refractivity contribution in [1.29, 1.82) is 0 Å². The molecule has 0 aromatic rings. The lowest BCUT2D eigenvalue weighted by atomic mass is 9.72. The third-order valence-corrected chi connectivity index (χ3v) is 3.53. The van der Waals surface area contributed by atoms with Crippen LogP contribution in [-0.4, -0.2) is 37.1 Å². The Bertz CT molecular complexity index is 253. The quantitative estimate of drug-likeness (QED) is 0.610. The van der Waals surface area contributed by atoms with E-state index < -0.39 is 0 Å². The monoisotopic (exact) mass is 211 g/mol. The number of hydrogen-bond donors (Lipinski definition) is 0. The molecular weight excluding hydrogens is 190 g/mol. The molecular formula is C12H21NO2. The van der Waals surface area contributed by atoms with Crippen LogP contribution in [0.2, 0.25) is 0 Å². The summed E-state index contributed by atoms with van der Waals surface area (Å²) < 4.78 is 5.36. The largest absolute Gasteiger partial charge is 0.381 e. The van der Waals surface area contributed by atoms with E-state index in [-0.39, 0.29) is 5.41 Å². The molecule has 1 spiro atoms. The van der Waals surface area contributed by atoms with E-state index in [1.54, 1.807) is 0 Å². The SMILES string of the molecule is CC(C)(C)C(=O)N1CC2(CCOCC2)C1. The summed E-state index contributed by atoms with van der Waals surface area (Å²) in [6.07, 6.45) is 2.25. The summed E-state index contributed by atoms with van der Waals surface area (Å²) in [6.45, 7) is 9.62. The minimum absolute atomic E-state index is 0.229. The first-order chi connectivity index (χ1) is 6.93. The lowest BCUT2D eigenvalue weighted by Gasteiger charge is -2.53. The fourth-order valence-electron chi connectivity index (χ4n) is 2.50. The molecule has 86 valence electrons. The van der Waals surface area contributed by atoms with Gasteiger partial charge in [-0.15, -0.1) is 0 Å². The average Bonchev–Trinajstić information content (AvgIpc) is 2.13. The first kappa shape index (κ1) is 10.9. The fourth-order valence-corrected chi connectivity index (χ4v) is 2.50. The third kappa shape index (κ3) is 2.03. The molecule has 2 rings (SSSR count). The zero-order valence-electron chi connectivity index (χ0n) is 10.0. The van der Waals surface area contributed by atoms with Gasteiger partial charge in [-0.1, -0.05) is 20.8 Å². The Balaban J connectivity index is 1.89. The molecule has 0 unspecified atom stereocenters. The standard InChI is InChI=1S/C12H21NO2/c1-11(2,3)10(14)13-8-12(9-13)4-6-15-7-5-12/h4-9H2,1-3H3. The maximum absolute atomic E-state index is 12.0. The molecule has 2 aliphatic rings. The minimum Gasteiger partial charge on any atom is -0.381 e. The molecule has 0 aliphatic carbocycles. The molecule has 0 aromatic heterocycles. The molecule has 2 fully saturated rings. The van der Waals surface area contributed by atoms with Gasteiger partial charge in [0.25, 0.3) is 0 Å². The second-order valence-corrected chi connectivity index (χ2v) is 6.02. The van der Waals surface area contributed by atoms with Crippen LogP contribution in [0.1, 0.15) is 33.6 Å². The topological polar surface area (TPSA) is 29.5 Å². The van der Waals surface area contributed by atoms with Crippen LogP contribution in [0.25, 0.3) is 0 Å². The van der Waals surface area contributed by atoms with Crippen molar-refractivity contribution < 1.29 is 9.53 Å². The number of rotatable bonds is 0. The number of carbonyl (C=O) groups excluding carboxylic acids is 1. The molecule has 2 aliphatic heterocycles. The van der Waals surface area contributed by atoms with Gasteiger partial charge < -0.3 is 9.64 Å². The summed E-state index contributed by atoms with van der Waals surface area (Å²) in [4.78, 5) is 14.0. The number of nitrogens with zero attached hydrogens (tertiary/aromatic N) is 1. The van der Waals surface area contributed by atoms with Gasteiger partial charge in [0.05, 0.1) is 0 Å². The van der Waals surface area contributed by atoms with Crippen LogP contribution in [0.15, 0.2) is 0 Å². The zero-order chi connectivity index (χ0) is 11.1. The van der Waals surface area contributed by atoms with Crippen LogP contribution in [0.4, 0.5) is 0 Å². The molecule has 0 bridgehead atoms. The zero-order valence-corrected chi connectivity index (χ0v) is 10.0. The number of likely N-dealkylation sites (tertiary alicyclic amines) is 1. The Kier molecular flexibility index (Phi) is 2.53. The van der Waals surface area contributed by atoms with Crippen molar-refractivity contribution in [2.45, 2.75) is 33.6 Å². The molecule has 0 radical (unpaired) electrons. The molecule has 0 aromatic carbocycles. The molecule has 0 saturated carbocycles. The summed E-state index contributed by atoms with van der Waals surface area (Å²) in [5.41, 5.74) is 0.173. The van der Waals surface area contributed by atoms with Crippen molar-refractivity contribution in [2.24, 2.45) is 10.8 Å². The molecule has 15 heavy (non-hydrogen) atoms. The Morgan fingerprint density at radius 1 is 1.20 bits per heavy atom. The van der Waals surface area contributed by atoms with Crippen molar-refractivity contribution in [3.05, 3.63) is 0 Å². The molecule has 3 heteroatoms. The maximum atomic E-state index is 12.0. The van der Waals surface area contributed by atoms with Crippen LogP contribution >= 0.6 is 0 Å². The Morgan fingerprint density at radius 3 is 2.20 bits per heavy atom. The van der Waals surface area contributed by atoms with E-state index in [0.29, 0.717) is 11.3 Å². The highest BCUT2D eigenvalue weighted by atomic mass is 16.5. The van der Waals surface area contributed by atoms with Crippen molar-refractivity contribution in [2.75, 3.05) is 26.3 Å². The number of amides is 1. The second kappa shape index (κ2) is 3.48. The van der Waals surface area contributed by atoms with Gasteiger partial charge in [-0.3, -0.25) is 4.79 Å². The van der Waals surface area contributed by atoms with Crippen LogP contribution in [0.5, 0.6) is 0 Å². The summed E-state index contributed by atoms with van der Waals surface area (Å²) in [5, 5.41) is 0. The average molecular weight is 211 g/mol. The van der Waals surface area contributed by atoms with E-state index in [1.807, 2.05) is 25.7 Å². The van der Waals surface area contributed by atoms with Crippen LogP contribution in [0.3, 0.4) is 0 Å². The van der Waals surface area contributed by atoms with Crippen molar-refractivity contribution >= 4 is 5.91 Å². The molecule has 0 N–H and O–H groups in total. The number of hydrogen-bond acceptors (Lipinski definition) is 2. The first-order valence-corrected chi connectivity index (χ1v) is 5.80. The van der Waals surface area contributed by atoms with E-state index in [0.717, 1.165) is 39.1 Å². The number of carbonyl (C=O) groups is 1. The highest BCUT2D eigenvalue weighted by Gasteiger charge is 2.47. The summed E-state index contributed by atoms with van der Waals surface area (Å²) >= 11 is 0. The van der Waals surface area contributed by atoms with E-state index >= 15 is 0 Å². The highest BCUT2D eigenvalue weighted by Crippen LogP contribution is 2.41. The minimum atomic E-state index is -0.229. The van der Waals surface area contributed by atoms with Crippen molar-refractivity contribution in [3.63, 3.8) is 0 Å². The van der Waals surface area contributed by atoms with Crippen LogP contribution in [0, 0.1) is 10.8 Å². The fraction of sp³-hybridized carbons (Fsp3) is 0.917. The molecule has 1 amide bonds.